The van der Waals surface area contributed by atoms with Crippen LogP contribution in [0.15, 0.2) is 23.3 Å². The van der Waals surface area contributed by atoms with Crippen molar-refractivity contribution in [2.24, 2.45) is 11.0 Å². The van der Waals surface area contributed by atoms with Crippen LogP contribution in [-0.4, -0.2) is 52.2 Å². The molecule has 7 heteroatoms. The standard InChI is InChI=1S/C17H24N6O/c1-12-10-16(24)19-20-17(12)13-6-7-15-14(11-13)18-21-23(15)9-5-4-8-22(2)3/h6-7,11-12H,4-5,8-10H2,1-3H3,(H,19,24). The molecule has 0 radical (unpaired) electrons. The number of nitrogens with zero attached hydrogens (tertiary/aromatic N) is 5. The number of carbonyl (C=O) groups is 1. The Hall–Kier alpha value is -2.28. The van der Waals surface area contributed by atoms with Crippen LogP contribution >= 0.6 is 0 Å². The number of nitrogens with one attached hydrogen (secondary N) is 1. The van der Waals surface area contributed by atoms with Gasteiger partial charge >= 0.3 is 0 Å². The van der Waals surface area contributed by atoms with Gasteiger partial charge in [0, 0.05) is 24.4 Å². The fourth-order valence-electron chi connectivity index (χ4n) is 2.99. The molecule has 2 heterocycles. The van der Waals surface area contributed by atoms with Gasteiger partial charge in [0.1, 0.15) is 5.52 Å². The molecular formula is C17H24N6O. The minimum absolute atomic E-state index is 0.0315. The maximum atomic E-state index is 11.4. The van der Waals surface area contributed by atoms with E-state index < -0.39 is 0 Å². The van der Waals surface area contributed by atoms with E-state index in [1.54, 1.807) is 0 Å². The van der Waals surface area contributed by atoms with Crippen LogP contribution in [0.4, 0.5) is 0 Å². The van der Waals surface area contributed by atoms with E-state index in [4.69, 9.17) is 0 Å². The van der Waals surface area contributed by atoms with Crippen LogP contribution in [0.5, 0.6) is 0 Å². The van der Waals surface area contributed by atoms with Crippen molar-refractivity contribution in [2.45, 2.75) is 32.7 Å². The lowest BCUT2D eigenvalue weighted by atomic mass is 9.94. The second-order valence-electron chi connectivity index (χ2n) is 6.66. The number of benzene rings is 1. The van der Waals surface area contributed by atoms with Crippen molar-refractivity contribution in [1.82, 2.24) is 25.3 Å². The van der Waals surface area contributed by atoms with Gasteiger partial charge in [0.2, 0.25) is 5.91 Å². The van der Waals surface area contributed by atoms with Gasteiger partial charge in [-0.2, -0.15) is 5.10 Å². The predicted molar refractivity (Wildman–Crippen MR) is 93.8 cm³/mol. The molecule has 0 fully saturated rings. The van der Waals surface area contributed by atoms with Crippen molar-refractivity contribution in [3.8, 4) is 0 Å². The van der Waals surface area contributed by atoms with Crippen molar-refractivity contribution < 1.29 is 4.79 Å². The molecule has 0 bridgehead atoms. The molecule has 7 nitrogen and oxygen atoms in total. The fraction of sp³-hybridized carbons (Fsp3) is 0.529. The number of rotatable bonds is 6. The van der Waals surface area contributed by atoms with Gasteiger partial charge in [-0.15, -0.1) is 5.10 Å². The summed E-state index contributed by atoms with van der Waals surface area (Å²) in [5, 5.41) is 12.8. The fourth-order valence-corrected chi connectivity index (χ4v) is 2.99. The van der Waals surface area contributed by atoms with E-state index in [2.05, 4.69) is 39.8 Å². The molecule has 24 heavy (non-hydrogen) atoms. The lowest BCUT2D eigenvalue weighted by Gasteiger charge is -2.19. The summed E-state index contributed by atoms with van der Waals surface area (Å²) in [5.41, 5.74) is 6.36. The highest BCUT2D eigenvalue weighted by atomic mass is 16.2. The summed E-state index contributed by atoms with van der Waals surface area (Å²) in [6.07, 6.45) is 2.68. The highest BCUT2D eigenvalue weighted by molar-refractivity contribution is 6.07. The molecule has 1 aromatic carbocycles. The zero-order valence-electron chi connectivity index (χ0n) is 14.5. The number of hydrogen-bond acceptors (Lipinski definition) is 5. The van der Waals surface area contributed by atoms with Crippen LogP contribution in [0.2, 0.25) is 0 Å². The summed E-state index contributed by atoms with van der Waals surface area (Å²) in [5.74, 6) is 0.0771. The topological polar surface area (TPSA) is 75.4 Å². The summed E-state index contributed by atoms with van der Waals surface area (Å²) in [4.78, 5) is 13.6. The van der Waals surface area contributed by atoms with Gasteiger partial charge in [-0.3, -0.25) is 4.79 Å². The Morgan fingerprint density at radius 2 is 2.17 bits per heavy atom. The van der Waals surface area contributed by atoms with Gasteiger partial charge in [0.05, 0.1) is 11.2 Å². The predicted octanol–water partition coefficient (Wildman–Crippen LogP) is 1.63. The summed E-state index contributed by atoms with van der Waals surface area (Å²) in [6.45, 7) is 3.97. The first-order valence-corrected chi connectivity index (χ1v) is 8.39. The van der Waals surface area contributed by atoms with Crippen molar-refractivity contribution in [3.05, 3.63) is 23.8 Å². The Labute approximate surface area is 141 Å². The number of hydrazone groups is 1. The van der Waals surface area contributed by atoms with E-state index >= 15 is 0 Å². The number of aryl methyl sites for hydroxylation is 1. The number of amides is 1. The average Bonchev–Trinajstić information content (AvgIpc) is 2.93. The van der Waals surface area contributed by atoms with Gasteiger partial charge in [-0.25, -0.2) is 10.1 Å². The summed E-state index contributed by atoms with van der Waals surface area (Å²) in [7, 11) is 4.17. The molecule has 1 amide bonds. The van der Waals surface area contributed by atoms with E-state index in [-0.39, 0.29) is 11.8 Å². The van der Waals surface area contributed by atoms with Gasteiger partial charge in [0.15, 0.2) is 0 Å². The maximum absolute atomic E-state index is 11.4. The SMILES string of the molecule is CC1CC(=O)NN=C1c1ccc2c(c1)nnn2CCCCN(C)C. The molecule has 2 aromatic rings. The molecule has 1 aliphatic heterocycles. The van der Waals surface area contributed by atoms with Crippen LogP contribution < -0.4 is 5.43 Å². The number of carbonyl (C=O) groups excluding carboxylic acids is 1. The molecule has 0 saturated carbocycles. The molecule has 0 spiro atoms. The lowest BCUT2D eigenvalue weighted by Crippen LogP contribution is -2.31. The molecular weight excluding hydrogens is 304 g/mol. The van der Waals surface area contributed by atoms with Gasteiger partial charge in [-0.1, -0.05) is 18.2 Å². The highest BCUT2D eigenvalue weighted by Crippen LogP contribution is 2.20. The minimum Gasteiger partial charge on any atom is -0.309 e. The van der Waals surface area contributed by atoms with Crippen LogP contribution in [0.25, 0.3) is 11.0 Å². The summed E-state index contributed by atoms with van der Waals surface area (Å²) in [6, 6.07) is 6.09. The highest BCUT2D eigenvalue weighted by Gasteiger charge is 2.22. The van der Waals surface area contributed by atoms with Crippen LogP contribution in [0.3, 0.4) is 0 Å². The molecule has 1 N–H and O–H groups in total. The van der Waals surface area contributed by atoms with Crippen LogP contribution in [0, 0.1) is 5.92 Å². The summed E-state index contributed by atoms with van der Waals surface area (Å²) >= 11 is 0. The Balaban J connectivity index is 1.75. The van der Waals surface area contributed by atoms with Crippen molar-refractivity contribution in [2.75, 3.05) is 20.6 Å². The van der Waals surface area contributed by atoms with Gasteiger partial charge in [0.25, 0.3) is 0 Å². The molecule has 1 aromatic heterocycles. The quantitative estimate of drug-likeness (QED) is 0.818. The number of hydrogen-bond donors (Lipinski definition) is 1. The Kier molecular flexibility index (Phi) is 4.89. The molecule has 1 unspecified atom stereocenters. The van der Waals surface area contributed by atoms with E-state index in [0.717, 1.165) is 48.2 Å². The molecule has 1 aliphatic rings. The maximum Gasteiger partial charge on any atom is 0.240 e. The smallest absolute Gasteiger partial charge is 0.240 e. The van der Waals surface area contributed by atoms with Gasteiger partial charge in [-0.05, 0) is 45.6 Å². The van der Waals surface area contributed by atoms with Gasteiger partial charge < -0.3 is 4.90 Å². The average molecular weight is 328 g/mol. The largest absolute Gasteiger partial charge is 0.309 e. The lowest BCUT2D eigenvalue weighted by molar-refractivity contribution is -0.121. The molecule has 3 rings (SSSR count). The molecule has 128 valence electrons. The Morgan fingerprint density at radius 1 is 1.33 bits per heavy atom. The van der Waals surface area contributed by atoms with E-state index in [0.29, 0.717) is 6.42 Å². The zero-order chi connectivity index (χ0) is 17.1. The third-order valence-electron chi connectivity index (χ3n) is 4.29. The number of fused-ring (bicyclic) bond motifs is 1. The summed E-state index contributed by atoms with van der Waals surface area (Å²) < 4.78 is 1.96. The Bertz CT molecular complexity index is 764. The second-order valence-corrected chi connectivity index (χ2v) is 6.66. The molecule has 0 aliphatic carbocycles. The minimum atomic E-state index is -0.0315. The van der Waals surface area contributed by atoms with E-state index in [1.807, 2.05) is 29.8 Å². The first-order valence-electron chi connectivity index (χ1n) is 8.39. The van der Waals surface area contributed by atoms with Crippen LogP contribution in [-0.2, 0) is 11.3 Å². The van der Waals surface area contributed by atoms with Crippen molar-refractivity contribution in [1.29, 1.82) is 0 Å². The zero-order valence-corrected chi connectivity index (χ0v) is 14.5. The first-order chi connectivity index (χ1) is 11.5. The van der Waals surface area contributed by atoms with E-state index in [1.165, 1.54) is 0 Å². The van der Waals surface area contributed by atoms with Crippen molar-refractivity contribution in [3.63, 3.8) is 0 Å². The second kappa shape index (κ2) is 7.09. The molecule has 0 saturated heterocycles. The molecule has 1 atom stereocenters. The number of unbranched alkanes of at least 4 members (excludes halogenated alkanes) is 1. The van der Waals surface area contributed by atoms with Crippen molar-refractivity contribution >= 4 is 22.7 Å². The third-order valence-corrected chi connectivity index (χ3v) is 4.29. The van der Waals surface area contributed by atoms with E-state index in [9.17, 15) is 4.79 Å². The third kappa shape index (κ3) is 3.62. The Morgan fingerprint density at radius 3 is 2.92 bits per heavy atom. The first kappa shape index (κ1) is 16.6. The normalized spacial score (nSPS) is 18.1. The monoisotopic (exact) mass is 328 g/mol. The van der Waals surface area contributed by atoms with Crippen LogP contribution in [0.1, 0.15) is 31.7 Å². The number of aromatic nitrogens is 3.